The topological polar surface area (TPSA) is 74.7 Å². The number of carboxylic acid groups (broad SMARTS) is 1. The number of aliphatic carboxylic acids is 1. The molecule has 0 unspecified atom stereocenters. The lowest BCUT2D eigenvalue weighted by Gasteiger charge is -2.18. The normalized spacial score (nSPS) is 17.5. The van der Waals surface area contributed by atoms with E-state index >= 15 is 0 Å². The maximum absolute atomic E-state index is 12.8. The molecule has 22 heavy (non-hydrogen) atoms. The monoisotopic (exact) mass is 337 g/mol. The second-order valence-electron chi connectivity index (χ2n) is 5.06. The van der Waals surface area contributed by atoms with E-state index in [1.54, 1.807) is 36.4 Å². The Bertz CT molecular complexity index is 826. The highest BCUT2D eigenvalue weighted by Gasteiger charge is 2.40. The Morgan fingerprint density at radius 3 is 2.68 bits per heavy atom. The lowest BCUT2D eigenvalue weighted by molar-refractivity contribution is -0.138. The molecule has 0 aliphatic carbocycles. The average Bonchev–Trinajstić information content (AvgIpc) is 3.12. The molecule has 1 N–H and O–H groups in total. The number of aryl methyl sites for hydroxylation is 1. The number of fused-ring (bicyclic) bond motifs is 1. The maximum Gasteiger partial charge on any atom is 0.312 e. The number of anilines is 1. The SMILES string of the molecule is CCc1ccc(S(=O)(=O)N2C[C@H](C(=O)O)c3ccccc32)s1. The molecule has 2 heterocycles. The molecule has 116 valence electrons. The van der Waals surface area contributed by atoms with E-state index in [1.807, 2.05) is 6.92 Å². The van der Waals surface area contributed by atoms with Crippen molar-refractivity contribution in [3.63, 3.8) is 0 Å². The summed E-state index contributed by atoms with van der Waals surface area (Å²) in [5.74, 6) is -1.83. The first-order chi connectivity index (χ1) is 10.4. The molecule has 1 atom stereocenters. The van der Waals surface area contributed by atoms with E-state index < -0.39 is 21.9 Å². The molecule has 2 aromatic rings. The van der Waals surface area contributed by atoms with Crippen LogP contribution < -0.4 is 4.31 Å². The molecule has 1 aliphatic heterocycles. The van der Waals surface area contributed by atoms with Gasteiger partial charge in [0.05, 0.1) is 12.2 Å². The molecule has 0 saturated heterocycles. The van der Waals surface area contributed by atoms with E-state index in [1.165, 1.54) is 15.6 Å². The van der Waals surface area contributed by atoms with Gasteiger partial charge in [-0.2, -0.15) is 0 Å². The minimum Gasteiger partial charge on any atom is -0.481 e. The molecule has 0 amide bonds. The highest BCUT2D eigenvalue weighted by molar-refractivity contribution is 7.94. The van der Waals surface area contributed by atoms with Gasteiger partial charge in [0.1, 0.15) is 10.1 Å². The number of carbonyl (C=O) groups is 1. The zero-order valence-corrected chi connectivity index (χ0v) is 13.5. The molecular formula is C15H15NO4S2. The van der Waals surface area contributed by atoms with Gasteiger partial charge in [0.2, 0.25) is 0 Å². The number of hydrogen-bond donors (Lipinski definition) is 1. The highest BCUT2D eigenvalue weighted by Crippen LogP contribution is 2.40. The Hall–Kier alpha value is -1.86. The van der Waals surface area contributed by atoms with Crippen molar-refractivity contribution in [1.82, 2.24) is 0 Å². The van der Waals surface area contributed by atoms with Gasteiger partial charge in [0.25, 0.3) is 10.0 Å². The maximum atomic E-state index is 12.8. The Balaban J connectivity index is 2.07. The number of rotatable bonds is 4. The zero-order chi connectivity index (χ0) is 15.9. The van der Waals surface area contributed by atoms with Crippen LogP contribution in [0.15, 0.2) is 40.6 Å². The predicted molar refractivity (Wildman–Crippen MR) is 85.0 cm³/mol. The number of nitrogens with zero attached hydrogens (tertiary/aromatic N) is 1. The van der Waals surface area contributed by atoms with Gasteiger partial charge < -0.3 is 5.11 Å². The fraction of sp³-hybridized carbons (Fsp3) is 0.267. The number of para-hydroxylation sites is 1. The smallest absolute Gasteiger partial charge is 0.312 e. The van der Waals surface area contributed by atoms with Gasteiger partial charge in [0.15, 0.2) is 0 Å². The van der Waals surface area contributed by atoms with E-state index in [0.29, 0.717) is 11.3 Å². The molecule has 5 nitrogen and oxygen atoms in total. The molecule has 0 bridgehead atoms. The molecule has 7 heteroatoms. The van der Waals surface area contributed by atoms with E-state index in [9.17, 15) is 18.3 Å². The van der Waals surface area contributed by atoms with Crippen LogP contribution in [0.3, 0.4) is 0 Å². The van der Waals surface area contributed by atoms with Crippen LogP contribution in [0.1, 0.15) is 23.3 Å². The molecule has 0 radical (unpaired) electrons. The first-order valence-corrected chi connectivity index (χ1v) is 9.14. The van der Waals surface area contributed by atoms with Crippen LogP contribution in [-0.4, -0.2) is 26.0 Å². The minimum absolute atomic E-state index is 0.0592. The summed E-state index contributed by atoms with van der Waals surface area (Å²) in [4.78, 5) is 12.4. The van der Waals surface area contributed by atoms with Gasteiger partial charge in [-0.15, -0.1) is 11.3 Å². The fourth-order valence-corrected chi connectivity index (χ4v) is 5.52. The molecule has 3 rings (SSSR count). The van der Waals surface area contributed by atoms with Gasteiger partial charge in [-0.05, 0) is 30.2 Å². The number of thiophene rings is 1. The van der Waals surface area contributed by atoms with Crippen LogP contribution in [-0.2, 0) is 21.2 Å². The quantitative estimate of drug-likeness (QED) is 0.931. The van der Waals surface area contributed by atoms with Crippen molar-refractivity contribution in [3.8, 4) is 0 Å². The van der Waals surface area contributed by atoms with E-state index in [2.05, 4.69) is 0 Å². The third-order valence-electron chi connectivity index (χ3n) is 3.76. The summed E-state index contributed by atoms with van der Waals surface area (Å²) >= 11 is 1.23. The third-order valence-corrected chi connectivity index (χ3v) is 7.23. The highest BCUT2D eigenvalue weighted by atomic mass is 32.2. The second kappa shape index (κ2) is 5.40. The summed E-state index contributed by atoms with van der Waals surface area (Å²) in [6, 6.07) is 10.2. The number of hydrogen-bond acceptors (Lipinski definition) is 4. The minimum atomic E-state index is -3.72. The molecule has 0 spiro atoms. The van der Waals surface area contributed by atoms with Crippen LogP contribution in [0.2, 0.25) is 0 Å². The van der Waals surface area contributed by atoms with Crippen LogP contribution in [0.5, 0.6) is 0 Å². The van der Waals surface area contributed by atoms with Gasteiger partial charge >= 0.3 is 5.97 Å². The number of sulfonamides is 1. The standard InChI is InChI=1S/C15H15NO4S2/c1-2-10-7-8-14(21-10)22(19,20)16-9-12(15(17)18)11-5-3-4-6-13(11)16/h3-8,12H,2,9H2,1H3,(H,17,18)/t12-/m0/s1. The second-order valence-corrected chi connectivity index (χ2v) is 8.32. The first-order valence-electron chi connectivity index (χ1n) is 6.88. The third kappa shape index (κ3) is 2.30. The lowest BCUT2D eigenvalue weighted by atomic mass is 10.0. The van der Waals surface area contributed by atoms with Gasteiger partial charge in [0, 0.05) is 4.88 Å². The molecule has 0 fully saturated rings. The van der Waals surface area contributed by atoms with Crippen molar-refractivity contribution < 1.29 is 18.3 Å². The lowest BCUT2D eigenvalue weighted by Crippen LogP contribution is -2.30. The van der Waals surface area contributed by atoms with E-state index in [4.69, 9.17) is 0 Å². The summed E-state index contributed by atoms with van der Waals surface area (Å²) in [7, 11) is -3.72. The van der Waals surface area contributed by atoms with Gasteiger partial charge in [-0.1, -0.05) is 25.1 Å². The summed E-state index contributed by atoms with van der Waals surface area (Å²) in [6.45, 7) is 1.91. The van der Waals surface area contributed by atoms with Gasteiger partial charge in [-0.25, -0.2) is 8.42 Å². The fourth-order valence-electron chi connectivity index (χ4n) is 2.61. The summed E-state index contributed by atoms with van der Waals surface area (Å²) in [6.07, 6.45) is 0.772. The van der Waals surface area contributed by atoms with Crippen molar-refractivity contribution in [2.75, 3.05) is 10.8 Å². The number of benzene rings is 1. The summed E-state index contributed by atoms with van der Waals surface area (Å²) in [5, 5.41) is 9.34. The molecule has 1 aromatic heterocycles. The average molecular weight is 337 g/mol. The summed E-state index contributed by atoms with van der Waals surface area (Å²) < 4.78 is 27.1. The van der Waals surface area contributed by atoms with E-state index in [-0.39, 0.29) is 10.8 Å². The largest absolute Gasteiger partial charge is 0.481 e. The van der Waals surface area contributed by atoms with E-state index in [0.717, 1.165) is 11.3 Å². The van der Waals surface area contributed by atoms with Crippen molar-refractivity contribution in [2.45, 2.75) is 23.5 Å². The van der Waals surface area contributed by atoms with Crippen molar-refractivity contribution in [2.24, 2.45) is 0 Å². The molecular weight excluding hydrogens is 322 g/mol. The Labute approximate surface area is 132 Å². The summed E-state index contributed by atoms with van der Waals surface area (Å²) in [5.41, 5.74) is 1.01. The molecule has 1 aliphatic rings. The van der Waals surface area contributed by atoms with Gasteiger partial charge in [-0.3, -0.25) is 9.10 Å². The Morgan fingerprint density at radius 2 is 2.05 bits per heavy atom. The predicted octanol–water partition coefficient (Wildman–Crippen LogP) is 2.69. The van der Waals surface area contributed by atoms with Crippen molar-refractivity contribution in [1.29, 1.82) is 0 Å². The number of carboxylic acids is 1. The first kappa shape index (κ1) is 15.1. The van der Waals surface area contributed by atoms with Crippen LogP contribution in [0, 0.1) is 0 Å². The zero-order valence-electron chi connectivity index (χ0n) is 11.9. The van der Waals surface area contributed by atoms with Crippen molar-refractivity contribution in [3.05, 3.63) is 46.8 Å². The molecule has 1 aromatic carbocycles. The molecule has 0 saturated carbocycles. The van der Waals surface area contributed by atoms with Crippen molar-refractivity contribution >= 4 is 33.0 Å². The van der Waals surface area contributed by atoms with Crippen LogP contribution in [0.25, 0.3) is 0 Å². The van der Waals surface area contributed by atoms with Crippen LogP contribution >= 0.6 is 11.3 Å². The van der Waals surface area contributed by atoms with Crippen LogP contribution in [0.4, 0.5) is 5.69 Å². The Morgan fingerprint density at radius 1 is 1.32 bits per heavy atom. The Kier molecular flexibility index (Phi) is 3.70.